The number of amides is 3. The fraction of sp³-hybridized carbons (Fsp3) is 0.208. The van der Waals surface area contributed by atoms with Gasteiger partial charge in [0.2, 0.25) is 5.60 Å². The average Bonchev–Trinajstić information content (AvgIpc) is 4.04. The van der Waals surface area contributed by atoms with Crippen molar-refractivity contribution in [2.24, 2.45) is 5.16 Å². The van der Waals surface area contributed by atoms with Gasteiger partial charge in [-0.15, -0.1) is 45.1 Å². The van der Waals surface area contributed by atoms with Crippen molar-refractivity contribution in [2.45, 2.75) is 60.8 Å². The van der Waals surface area contributed by atoms with Crippen LogP contribution in [0.3, 0.4) is 0 Å². The van der Waals surface area contributed by atoms with E-state index in [4.69, 9.17) is 14.3 Å². The Labute approximate surface area is 437 Å². The van der Waals surface area contributed by atoms with Crippen molar-refractivity contribution in [2.75, 3.05) is 16.2 Å². The van der Waals surface area contributed by atoms with Gasteiger partial charge in [-0.1, -0.05) is 180 Å². The van der Waals surface area contributed by atoms with Crippen LogP contribution < -0.4 is 10.6 Å². The van der Waals surface area contributed by atoms with Gasteiger partial charge in [0.25, 0.3) is 11.8 Å². The predicted molar refractivity (Wildman–Crippen MR) is 285 cm³/mol. The molecule has 2 N–H and O–H groups in total. The van der Waals surface area contributed by atoms with Crippen molar-refractivity contribution in [1.82, 2.24) is 25.4 Å². The van der Waals surface area contributed by atoms with Crippen LogP contribution in [0, 0.1) is 6.92 Å². The summed E-state index contributed by atoms with van der Waals surface area (Å²) >= 11 is 6.85. The Kier molecular flexibility index (Phi) is 15.6. The van der Waals surface area contributed by atoms with Crippen LogP contribution in [-0.2, 0) is 34.3 Å². The van der Waals surface area contributed by atoms with Gasteiger partial charge in [-0.25, -0.2) is 14.6 Å². The Morgan fingerprint density at radius 3 is 1.88 bits per heavy atom. The Bertz CT molecular complexity index is 2960. The number of anilines is 1. The predicted octanol–water partition coefficient (Wildman–Crippen LogP) is 10.8. The van der Waals surface area contributed by atoms with Crippen LogP contribution in [0.4, 0.5) is 9.93 Å². The number of hydrogen-bond donors (Lipinski definition) is 2. The molecule has 2 aromatic heterocycles. The zero-order chi connectivity index (χ0) is 50.2. The minimum atomic E-state index is -1.39. The molecule has 7 aromatic rings. The standard InChI is InChI=1S/C53H47N7O7S5/c1-33-57-58-51(72-33)71-32-70-40-31-68-47-42(46(62)60(47)43(40)48(63)65-44(34-20-10-5-11-21-34)35-22-12-6-13-23-35)55-45(61)41(39-30-69-49(54-39)56-50(64)66-52(2,3)4)59-67-53(36-24-14-7-15-25-36,37-26-16-8-17-27-37)38-28-18-9-19-29-38/h5-30,42,44,47H,31-32H2,1-4H3,(H,55,61)(H,54,56,64)/b59-41-. The van der Waals surface area contributed by atoms with E-state index in [2.05, 4.69) is 31.0 Å². The lowest BCUT2D eigenvalue weighted by Gasteiger charge is -2.49. The van der Waals surface area contributed by atoms with Crippen LogP contribution in [0.15, 0.2) is 177 Å². The first-order valence-electron chi connectivity index (χ1n) is 22.6. The molecule has 0 bridgehead atoms. The smallest absolute Gasteiger partial charge is 0.413 e. The van der Waals surface area contributed by atoms with Crippen LogP contribution >= 0.6 is 58.0 Å². The minimum absolute atomic E-state index is 0.0606. The van der Waals surface area contributed by atoms with Crippen molar-refractivity contribution in [3.63, 3.8) is 0 Å². The summed E-state index contributed by atoms with van der Waals surface area (Å²) in [5.41, 5.74) is 1.41. The molecule has 9 rings (SSSR count). The van der Waals surface area contributed by atoms with Crippen molar-refractivity contribution >= 4 is 92.7 Å². The number of ether oxygens (including phenoxy) is 2. The Balaban J connectivity index is 1.05. The number of rotatable bonds is 17. The van der Waals surface area contributed by atoms with Crippen molar-refractivity contribution in [3.05, 3.63) is 206 Å². The quantitative estimate of drug-likeness (QED) is 0.0168. The van der Waals surface area contributed by atoms with Crippen molar-refractivity contribution < 1.29 is 33.5 Å². The molecule has 1 saturated heterocycles. The van der Waals surface area contributed by atoms with E-state index < -0.39 is 52.6 Å². The summed E-state index contributed by atoms with van der Waals surface area (Å²) in [5, 5.41) is 20.9. The Hall–Kier alpha value is -6.77. The summed E-state index contributed by atoms with van der Waals surface area (Å²) in [6.45, 7) is 7.12. The van der Waals surface area contributed by atoms with Crippen LogP contribution in [0.2, 0.25) is 0 Å². The van der Waals surface area contributed by atoms with E-state index in [-0.39, 0.29) is 22.2 Å². The van der Waals surface area contributed by atoms with Gasteiger partial charge in [0.15, 0.2) is 21.3 Å². The molecule has 1 fully saturated rings. The first kappa shape index (κ1) is 50.2. The van der Waals surface area contributed by atoms with Crippen LogP contribution in [-0.4, -0.2) is 77.5 Å². The number of aryl methyl sites for hydroxylation is 1. The lowest BCUT2D eigenvalue weighted by Crippen LogP contribution is -2.71. The molecule has 2 aliphatic rings. The number of oxime groups is 1. The van der Waals surface area contributed by atoms with E-state index >= 15 is 0 Å². The summed E-state index contributed by atoms with van der Waals surface area (Å²) < 4.78 is 12.6. The van der Waals surface area contributed by atoms with Crippen LogP contribution in [0.1, 0.15) is 65.4 Å². The summed E-state index contributed by atoms with van der Waals surface area (Å²) in [6, 6.07) is 46.3. The molecule has 2 atom stereocenters. The summed E-state index contributed by atoms with van der Waals surface area (Å²) in [5.74, 6) is -1.64. The Morgan fingerprint density at radius 1 is 0.792 bits per heavy atom. The highest BCUT2D eigenvalue weighted by Crippen LogP contribution is 2.46. The molecule has 0 spiro atoms. The second kappa shape index (κ2) is 22.3. The molecule has 0 radical (unpaired) electrons. The first-order chi connectivity index (χ1) is 34.9. The third kappa shape index (κ3) is 11.3. The number of carbonyl (C=O) groups excluding carboxylic acids is 4. The molecule has 19 heteroatoms. The normalized spacial score (nSPS) is 15.9. The Morgan fingerprint density at radius 2 is 1.35 bits per heavy atom. The van der Waals surface area contributed by atoms with Gasteiger partial charge in [-0.2, -0.15) is 0 Å². The molecule has 3 amide bonds. The van der Waals surface area contributed by atoms with Crippen LogP contribution in [0.5, 0.6) is 0 Å². The topological polar surface area (TPSA) is 174 Å². The molecular formula is C53H47N7O7S5. The van der Waals surface area contributed by atoms with Crippen LogP contribution in [0.25, 0.3) is 0 Å². The van der Waals surface area contributed by atoms with E-state index in [0.717, 1.165) is 48.5 Å². The highest BCUT2D eigenvalue weighted by molar-refractivity contribution is 8.18. The first-order valence-corrected chi connectivity index (χ1v) is 27.3. The molecule has 0 aliphatic carbocycles. The number of thioether (sulfide) groups is 3. The molecular weight excluding hydrogens is 1010 g/mol. The van der Waals surface area contributed by atoms with Gasteiger partial charge in [0, 0.05) is 32.7 Å². The highest BCUT2D eigenvalue weighted by Gasteiger charge is 2.55. The lowest BCUT2D eigenvalue weighted by atomic mass is 9.80. The third-order valence-corrected chi connectivity index (χ3v) is 16.6. The number of nitrogens with one attached hydrogen (secondary N) is 2. The number of nitrogens with zero attached hydrogens (tertiary/aromatic N) is 5. The van der Waals surface area contributed by atoms with Gasteiger partial charge in [-0.3, -0.25) is 19.8 Å². The molecule has 4 heterocycles. The monoisotopic (exact) mass is 1050 g/mol. The van der Waals surface area contributed by atoms with E-state index in [9.17, 15) is 19.2 Å². The second-order valence-corrected chi connectivity index (χ2v) is 23.0. The van der Waals surface area contributed by atoms with Gasteiger partial charge in [0.05, 0.1) is 5.08 Å². The number of esters is 1. The van der Waals surface area contributed by atoms with Crippen molar-refractivity contribution in [3.8, 4) is 0 Å². The second-order valence-electron chi connectivity index (χ2n) is 17.2. The largest absolute Gasteiger partial charge is 0.448 e. The number of hydrogen-bond acceptors (Lipinski definition) is 16. The third-order valence-electron chi connectivity index (χ3n) is 11.2. The van der Waals surface area contributed by atoms with E-state index in [0.29, 0.717) is 15.7 Å². The maximum absolute atomic E-state index is 15.0. The number of β-lactam (4-membered cyclic amide) rings is 1. The number of carbonyl (C=O) groups is 4. The van der Waals surface area contributed by atoms with E-state index in [1.807, 2.05) is 159 Å². The molecule has 72 heavy (non-hydrogen) atoms. The number of aromatic nitrogens is 3. The van der Waals surface area contributed by atoms with Gasteiger partial charge < -0.3 is 19.6 Å². The fourth-order valence-electron chi connectivity index (χ4n) is 7.96. The number of thiazole rings is 1. The molecule has 0 saturated carbocycles. The van der Waals surface area contributed by atoms with Crippen molar-refractivity contribution in [1.29, 1.82) is 0 Å². The molecule has 14 nitrogen and oxygen atoms in total. The molecule has 366 valence electrons. The maximum atomic E-state index is 15.0. The summed E-state index contributed by atoms with van der Waals surface area (Å²) in [4.78, 5) is 70.7. The molecule has 2 unspecified atom stereocenters. The fourth-order valence-corrected chi connectivity index (χ4v) is 13.4. The highest BCUT2D eigenvalue weighted by atomic mass is 32.2. The van der Waals surface area contributed by atoms with Gasteiger partial charge in [0.1, 0.15) is 33.4 Å². The molecule has 5 aromatic carbocycles. The number of fused-ring (bicyclic) bond motifs is 1. The average molecular weight is 1050 g/mol. The van der Waals surface area contributed by atoms with Gasteiger partial charge in [-0.05, 0) is 38.8 Å². The SMILES string of the molecule is Cc1nnc(SCSC2=C(C(=O)OC(c3ccccc3)c3ccccc3)N3C(=O)C(NC(=O)/C(=N\OC(c4ccccc4)(c4ccccc4)c4ccccc4)c4csc(NC(=O)OC(C)(C)C)n4)C3SC2)s1. The van der Waals surface area contributed by atoms with E-state index in [1.165, 1.54) is 51.5 Å². The minimum Gasteiger partial charge on any atom is -0.448 e. The lowest BCUT2D eigenvalue weighted by molar-refractivity contribution is -0.154. The zero-order valence-electron chi connectivity index (χ0n) is 39.3. The summed E-state index contributed by atoms with van der Waals surface area (Å²) in [6.07, 6.45) is -1.51. The van der Waals surface area contributed by atoms with E-state index in [1.54, 1.807) is 26.2 Å². The zero-order valence-corrected chi connectivity index (χ0v) is 43.4. The maximum Gasteiger partial charge on any atom is 0.413 e. The summed E-state index contributed by atoms with van der Waals surface area (Å²) in [7, 11) is 0. The number of benzene rings is 5. The van der Waals surface area contributed by atoms with Gasteiger partial charge >= 0.3 is 12.1 Å². The molecule has 2 aliphatic heterocycles.